The second kappa shape index (κ2) is 6.21. The smallest absolute Gasteiger partial charge is 0.222 e. The summed E-state index contributed by atoms with van der Waals surface area (Å²) in [5.74, 6) is 6.90. The average Bonchev–Trinajstić information content (AvgIpc) is 3.00. The first-order valence-electron chi connectivity index (χ1n) is 7.63. The van der Waals surface area contributed by atoms with E-state index in [1.807, 2.05) is 29.1 Å². The van der Waals surface area contributed by atoms with Gasteiger partial charge in [-0.25, -0.2) is 10.8 Å². The molecule has 0 amide bonds. The second-order valence-corrected chi connectivity index (χ2v) is 5.98. The third kappa shape index (κ3) is 3.24. The van der Waals surface area contributed by atoms with Crippen molar-refractivity contribution in [3.05, 3.63) is 30.6 Å². The summed E-state index contributed by atoms with van der Waals surface area (Å²) in [5.41, 5.74) is 11.1. The molecule has 0 atom stereocenters. The van der Waals surface area contributed by atoms with Crippen molar-refractivity contribution in [2.24, 2.45) is 11.8 Å². The minimum absolute atomic E-state index is 0.194. The van der Waals surface area contributed by atoms with Crippen molar-refractivity contribution in [3.8, 4) is 11.1 Å². The summed E-state index contributed by atoms with van der Waals surface area (Å²) >= 11 is 0. The Kier molecular flexibility index (Phi) is 4.12. The largest absolute Gasteiger partial charge is 0.368 e. The molecule has 0 bridgehead atoms. The molecule has 2 aromatic heterocycles. The van der Waals surface area contributed by atoms with Gasteiger partial charge in [-0.3, -0.25) is 4.68 Å². The van der Waals surface area contributed by atoms with Gasteiger partial charge in [0.2, 0.25) is 5.95 Å². The van der Waals surface area contributed by atoms with Gasteiger partial charge in [0.1, 0.15) is 0 Å². The predicted molar refractivity (Wildman–Crippen MR) is 92.4 cm³/mol. The fourth-order valence-corrected chi connectivity index (χ4v) is 2.46. The van der Waals surface area contributed by atoms with Crippen LogP contribution in [0.25, 0.3) is 22.0 Å². The molecule has 1 aromatic carbocycles. The Morgan fingerprint density at radius 1 is 1.22 bits per heavy atom. The summed E-state index contributed by atoms with van der Waals surface area (Å²) in [6.45, 7) is 5.34. The lowest BCUT2D eigenvalue weighted by Crippen LogP contribution is -2.11. The van der Waals surface area contributed by atoms with Crippen LogP contribution in [0.5, 0.6) is 0 Å². The number of nitrogens with one attached hydrogen (secondary N) is 1. The van der Waals surface area contributed by atoms with E-state index < -0.39 is 0 Å². The Morgan fingerprint density at radius 2 is 2.04 bits per heavy atom. The molecule has 0 radical (unpaired) electrons. The molecule has 0 fully saturated rings. The van der Waals surface area contributed by atoms with Gasteiger partial charge in [-0.05, 0) is 30.0 Å². The highest BCUT2D eigenvalue weighted by atomic mass is 15.3. The van der Waals surface area contributed by atoms with Crippen molar-refractivity contribution in [1.29, 1.82) is 0 Å². The lowest BCUT2D eigenvalue weighted by molar-refractivity contribution is 0.487. The molecular formula is C16H21N7. The number of nitrogens with zero attached hydrogens (tertiary/aromatic N) is 4. The number of aromatic nitrogens is 4. The maximum Gasteiger partial charge on any atom is 0.222 e. The molecule has 3 aromatic rings. The summed E-state index contributed by atoms with van der Waals surface area (Å²) in [7, 11) is 0. The van der Waals surface area contributed by atoms with Crippen LogP contribution in [0.1, 0.15) is 20.3 Å². The summed E-state index contributed by atoms with van der Waals surface area (Å²) < 4.78 is 1.97. The highest BCUT2D eigenvalue weighted by molar-refractivity contribution is 5.93. The number of anilines is 2. The maximum atomic E-state index is 5.68. The van der Waals surface area contributed by atoms with Gasteiger partial charge in [-0.15, -0.1) is 0 Å². The summed E-state index contributed by atoms with van der Waals surface area (Å²) in [6.07, 6.45) is 5.03. The molecule has 23 heavy (non-hydrogen) atoms. The number of hydrogen-bond donors (Lipinski definition) is 3. The molecule has 120 valence electrons. The third-order valence-corrected chi connectivity index (χ3v) is 3.75. The SMILES string of the molecule is CC(C)CCn1cc(-c2ccc3nc(N)nc(NN)c3c2)cn1. The molecular weight excluding hydrogens is 290 g/mol. The first kappa shape index (κ1) is 15.2. The zero-order chi connectivity index (χ0) is 16.4. The van der Waals surface area contributed by atoms with Crippen molar-refractivity contribution in [2.45, 2.75) is 26.8 Å². The van der Waals surface area contributed by atoms with Gasteiger partial charge in [0, 0.05) is 23.7 Å². The summed E-state index contributed by atoms with van der Waals surface area (Å²) in [6, 6.07) is 5.90. The van der Waals surface area contributed by atoms with E-state index in [0.717, 1.165) is 35.0 Å². The van der Waals surface area contributed by atoms with Crippen molar-refractivity contribution >= 4 is 22.7 Å². The third-order valence-electron chi connectivity index (χ3n) is 3.75. The zero-order valence-electron chi connectivity index (χ0n) is 13.3. The van der Waals surface area contributed by atoms with E-state index in [-0.39, 0.29) is 5.95 Å². The van der Waals surface area contributed by atoms with Crippen LogP contribution in [0, 0.1) is 5.92 Å². The molecule has 0 saturated heterocycles. The highest BCUT2D eigenvalue weighted by Crippen LogP contribution is 2.27. The Balaban J connectivity index is 1.95. The van der Waals surface area contributed by atoms with E-state index in [4.69, 9.17) is 11.6 Å². The van der Waals surface area contributed by atoms with Crippen LogP contribution in [0.15, 0.2) is 30.6 Å². The van der Waals surface area contributed by atoms with E-state index in [1.54, 1.807) is 0 Å². The number of aryl methyl sites for hydroxylation is 1. The van der Waals surface area contributed by atoms with Crippen LogP contribution in [0.3, 0.4) is 0 Å². The van der Waals surface area contributed by atoms with Gasteiger partial charge >= 0.3 is 0 Å². The van der Waals surface area contributed by atoms with Crippen LogP contribution in [0.2, 0.25) is 0 Å². The molecule has 5 N–H and O–H groups in total. The van der Waals surface area contributed by atoms with Gasteiger partial charge in [0.25, 0.3) is 0 Å². The molecule has 0 saturated carbocycles. The first-order valence-corrected chi connectivity index (χ1v) is 7.63. The number of nitrogens with two attached hydrogens (primary N) is 2. The molecule has 7 heteroatoms. The van der Waals surface area contributed by atoms with Crippen molar-refractivity contribution in [3.63, 3.8) is 0 Å². The Morgan fingerprint density at radius 3 is 2.78 bits per heavy atom. The van der Waals surface area contributed by atoms with E-state index >= 15 is 0 Å². The standard InChI is InChI=1S/C16H21N7/c1-10(2)5-6-23-9-12(8-19-23)11-3-4-14-13(7-11)15(22-18)21-16(17)20-14/h3-4,7-10H,5-6,18H2,1-2H3,(H3,17,20,21,22). The molecule has 0 aliphatic carbocycles. The number of benzene rings is 1. The number of hydrogen-bond acceptors (Lipinski definition) is 6. The quantitative estimate of drug-likeness (QED) is 0.493. The molecule has 0 spiro atoms. The fraction of sp³-hybridized carbons (Fsp3) is 0.312. The topological polar surface area (TPSA) is 108 Å². The average molecular weight is 311 g/mol. The van der Waals surface area contributed by atoms with Crippen molar-refractivity contribution < 1.29 is 0 Å². The number of hydrazine groups is 1. The second-order valence-electron chi connectivity index (χ2n) is 5.98. The van der Waals surface area contributed by atoms with E-state index in [2.05, 4.69) is 40.5 Å². The Hall–Kier alpha value is -2.67. The van der Waals surface area contributed by atoms with Crippen LogP contribution < -0.4 is 17.0 Å². The monoisotopic (exact) mass is 311 g/mol. The first-order chi connectivity index (χ1) is 11.1. The Labute approximate surface area is 134 Å². The summed E-state index contributed by atoms with van der Waals surface area (Å²) in [5, 5.41) is 5.25. The van der Waals surface area contributed by atoms with Gasteiger partial charge in [0.15, 0.2) is 5.82 Å². The number of fused-ring (bicyclic) bond motifs is 1. The molecule has 2 heterocycles. The number of rotatable bonds is 5. The van der Waals surface area contributed by atoms with Crippen LogP contribution >= 0.6 is 0 Å². The van der Waals surface area contributed by atoms with Crippen molar-refractivity contribution in [1.82, 2.24) is 19.7 Å². The van der Waals surface area contributed by atoms with Gasteiger partial charge in [0.05, 0.1) is 11.7 Å². The normalized spacial score (nSPS) is 11.3. The van der Waals surface area contributed by atoms with Crippen LogP contribution in [-0.4, -0.2) is 19.7 Å². The molecule has 0 aliphatic heterocycles. The lowest BCUT2D eigenvalue weighted by atomic mass is 10.1. The number of nitrogen functional groups attached to an aromatic ring is 2. The maximum absolute atomic E-state index is 5.68. The van der Waals surface area contributed by atoms with Crippen LogP contribution in [0.4, 0.5) is 11.8 Å². The highest BCUT2D eigenvalue weighted by Gasteiger charge is 2.09. The molecule has 3 rings (SSSR count). The predicted octanol–water partition coefficient (Wildman–Crippen LogP) is 2.41. The summed E-state index contributed by atoms with van der Waals surface area (Å²) in [4.78, 5) is 8.34. The molecule has 0 unspecified atom stereocenters. The van der Waals surface area contributed by atoms with Gasteiger partial charge in [-0.2, -0.15) is 10.1 Å². The Bertz CT molecular complexity index is 822. The van der Waals surface area contributed by atoms with E-state index in [0.29, 0.717) is 11.7 Å². The minimum atomic E-state index is 0.194. The lowest BCUT2D eigenvalue weighted by Gasteiger charge is -2.07. The minimum Gasteiger partial charge on any atom is -0.368 e. The zero-order valence-corrected chi connectivity index (χ0v) is 13.3. The van der Waals surface area contributed by atoms with Gasteiger partial charge in [-0.1, -0.05) is 19.9 Å². The van der Waals surface area contributed by atoms with Gasteiger partial charge < -0.3 is 11.2 Å². The molecule has 7 nitrogen and oxygen atoms in total. The fourth-order valence-electron chi connectivity index (χ4n) is 2.46. The van der Waals surface area contributed by atoms with E-state index in [9.17, 15) is 0 Å². The van der Waals surface area contributed by atoms with Crippen LogP contribution in [-0.2, 0) is 6.54 Å². The van der Waals surface area contributed by atoms with E-state index in [1.165, 1.54) is 0 Å². The van der Waals surface area contributed by atoms with Crippen molar-refractivity contribution in [2.75, 3.05) is 11.2 Å². The molecule has 0 aliphatic rings.